The zero-order chi connectivity index (χ0) is 8.13. The molecule has 0 heterocycles. The van der Waals surface area contributed by atoms with Gasteiger partial charge >= 0.3 is 0 Å². The van der Waals surface area contributed by atoms with Gasteiger partial charge in [-0.1, -0.05) is 6.07 Å². The minimum atomic E-state index is 0.841. The normalized spacial score (nSPS) is 30.7. The van der Waals surface area contributed by atoms with Gasteiger partial charge in [0.05, 0.1) is 0 Å². The van der Waals surface area contributed by atoms with E-state index in [0.29, 0.717) is 0 Å². The average molecular weight is 159 g/mol. The van der Waals surface area contributed by atoms with Crippen molar-refractivity contribution in [3.05, 3.63) is 29.3 Å². The van der Waals surface area contributed by atoms with Gasteiger partial charge in [-0.05, 0) is 54.4 Å². The van der Waals surface area contributed by atoms with Crippen molar-refractivity contribution in [2.45, 2.75) is 31.1 Å². The molecule has 2 atom stereocenters. The Morgan fingerprint density at radius 1 is 1.08 bits per heavy atom. The SMILES string of the molecule is Nc1ccc2c(c1)C1CCC2C1. The standard InChI is InChI=1S/C11H13N/c12-9-3-4-10-7-1-2-8(5-7)11(10)6-9/h3-4,6-8H,1-2,5,12H2. The summed E-state index contributed by atoms with van der Waals surface area (Å²) in [4.78, 5) is 0. The fourth-order valence-electron chi connectivity index (χ4n) is 2.87. The topological polar surface area (TPSA) is 26.0 Å². The van der Waals surface area contributed by atoms with E-state index in [1.165, 1.54) is 19.3 Å². The summed E-state index contributed by atoms with van der Waals surface area (Å²) in [6.07, 6.45) is 4.18. The monoisotopic (exact) mass is 159 g/mol. The van der Waals surface area contributed by atoms with Gasteiger partial charge in [0.25, 0.3) is 0 Å². The van der Waals surface area contributed by atoms with Crippen LogP contribution in [0.2, 0.25) is 0 Å². The molecule has 1 aromatic rings. The molecule has 0 aliphatic heterocycles. The van der Waals surface area contributed by atoms with E-state index in [9.17, 15) is 0 Å². The molecule has 2 unspecified atom stereocenters. The number of nitrogen functional groups attached to an aromatic ring is 1. The lowest BCUT2D eigenvalue weighted by Crippen LogP contribution is -1.98. The van der Waals surface area contributed by atoms with Gasteiger partial charge in [0, 0.05) is 5.69 Å². The van der Waals surface area contributed by atoms with Crippen LogP contribution in [0.1, 0.15) is 42.2 Å². The molecule has 1 nitrogen and oxygen atoms in total. The number of nitrogens with two attached hydrogens (primary N) is 1. The van der Waals surface area contributed by atoms with Gasteiger partial charge in [0.2, 0.25) is 0 Å². The average Bonchev–Trinajstić information content (AvgIpc) is 2.63. The maximum Gasteiger partial charge on any atom is 0.0317 e. The van der Waals surface area contributed by atoms with Crippen molar-refractivity contribution < 1.29 is 0 Å². The molecule has 2 aliphatic carbocycles. The van der Waals surface area contributed by atoms with Gasteiger partial charge in [0.1, 0.15) is 0 Å². The van der Waals surface area contributed by atoms with Crippen molar-refractivity contribution in [3.63, 3.8) is 0 Å². The predicted molar refractivity (Wildman–Crippen MR) is 50.2 cm³/mol. The summed E-state index contributed by atoms with van der Waals surface area (Å²) < 4.78 is 0. The molecule has 0 saturated heterocycles. The Balaban J connectivity index is 2.20. The molecular weight excluding hydrogens is 146 g/mol. The number of anilines is 1. The van der Waals surface area contributed by atoms with Crippen LogP contribution in [0.5, 0.6) is 0 Å². The predicted octanol–water partition coefficient (Wildman–Crippen LogP) is 2.63. The number of rotatable bonds is 0. The Kier molecular flexibility index (Phi) is 1.11. The fraction of sp³-hybridized carbons (Fsp3) is 0.455. The Hall–Kier alpha value is -0.980. The van der Waals surface area contributed by atoms with Crippen LogP contribution in [0.3, 0.4) is 0 Å². The first-order valence-electron chi connectivity index (χ1n) is 4.74. The summed E-state index contributed by atoms with van der Waals surface area (Å²) in [5.74, 6) is 1.71. The number of fused-ring (bicyclic) bond motifs is 5. The van der Waals surface area contributed by atoms with Crippen LogP contribution in [0.25, 0.3) is 0 Å². The van der Waals surface area contributed by atoms with Crippen molar-refractivity contribution in [2.75, 3.05) is 5.73 Å². The molecule has 62 valence electrons. The highest BCUT2D eigenvalue weighted by atomic mass is 14.6. The minimum absolute atomic E-state index is 0.841. The van der Waals surface area contributed by atoms with Crippen LogP contribution in [0.15, 0.2) is 18.2 Å². The summed E-state index contributed by atoms with van der Waals surface area (Å²) in [6.45, 7) is 0. The third kappa shape index (κ3) is 0.689. The molecule has 0 aromatic heterocycles. The van der Waals surface area contributed by atoms with Crippen LogP contribution in [-0.2, 0) is 0 Å². The molecule has 1 aromatic carbocycles. The van der Waals surface area contributed by atoms with E-state index in [-0.39, 0.29) is 0 Å². The zero-order valence-corrected chi connectivity index (χ0v) is 7.09. The summed E-state index contributed by atoms with van der Waals surface area (Å²) >= 11 is 0. The second kappa shape index (κ2) is 2.03. The molecule has 0 radical (unpaired) electrons. The molecule has 2 aliphatic rings. The third-order valence-corrected chi connectivity index (χ3v) is 3.42. The van der Waals surface area contributed by atoms with Crippen LogP contribution in [0, 0.1) is 0 Å². The van der Waals surface area contributed by atoms with Crippen molar-refractivity contribution >= 4 is 5.69 Å². The van der Waals surface area contributed by atoms with E-state index in [1.54, 1.807) is 11.1 Å². The Labute approximate surface area is 72.6 Å². The molecule has 3 rings (SSSR count). The maximum absolute atomic E-state index is 5.76. The summed E-state index contributed by atoms with van der Waals surface area (Å²) in [5, 5.41) is 0. The fourth-order valence-corrected chi connectivity index (χ4v) is 2.87. The van der Waals surface area contributed by atoms with Gasteiger partial charge in [-0.2, -0.15) is 0 Å². The molecule has 2 bridgehead atoms. The molecular formula is C11H13N. The number of hydrogen-bond donors (Lipinski definition) is 1. The molecule has 0 amide bonds. The van der Waals surface area contributed by atoms with E-state index in [1.807, 2.05) is 6.07 Å². The molecule has 0 spiro atoms. The molecule has 1 heteroatoms. The summed E-state index contributed by atoms with van der Waals surface area (Å²) in [7, 11) is 0. The Morgan fingerprint density at radius 3 is 2.67 bits per heavy atom. The lowest BCUT2D eigenvalue weighted by molar-refractivity contribution is 0.718. The second-order valence-electron chi connectivity index (χ2n) is 4.10. The minimum Gasteiger partial charge on any atom is -0.399 e. The van der Waals surface area contributed by atoms with E-state index in [4.69, 9.17) is 5.73 Å². The quantitative estimate of drug-likeness (QED) is 0.578. The second-order valence-corrected chi connectivity index (χ2v) is 4.10. The largest absolute Gasteiger partial charge is 0.399 e. The molecule has 12 heavy (non-hydrogen) atoms. The van der Waals surface area contributed by atoms with E-state index in [0.717, 1.165) is 17.5 Å². The number of benzene rings is 1. The molecule has 1 fully saturated rings. The Morgan fingerprint density at radius 2 is 1.83 bits per heavy atom. The van der Waals surface area contributed by atoms with Crippen molar-refractivity contribution in [1.82, 2.24) is 0 Å². The zero-order valence-electron chi connectivity index (χ0n) is 7.09. The first kappa shape index (κ1) is 6.53. The van der Waals surface area contributed by atoms with E-state index >= 15 is 0 Å². The van der Waals surface area contributed by atoms with Crippen molar-refractivity contribution in [3.8, 4) is 0 Å². The first-order chi connectivity index (χ1) is 5.84. The van der Waals surface area contributed by atoms with Gasteiger partial charge in [-0.15, -0.1) is 0 Å². The highest BCUT2D eigenvalue weighted by Gasteiger charge is 2.36. The van der Waals surface area contributed by atoms with Gasteiger partial charge in [0.15, 0.2) is 0 Å². The first-order valence-corrected chi connectivity index (χ1v) is 4.74. The van der Waals surface area contributed by atoms with E-state index in [2.05, 4.69) is 12.1 Å². The van der Waals surface area contributed by atoms with Crippen molar-refractivity contribution in [2.24, 2.45) is 0 Å². The van der Waals surface area contributed by atoms with Crippen molar-refractivity contribution in [1.29, 1.82) is 0 Å². The number of hydrogen-bond acceptors (Lipinski definition) is 1. The summed E-state index contributed by atoms with van der Waals surface area (Å²) in [6, 6.07) is 6.45. The van der Waals surface area contributed by atoms with Gasteiger partial charge in [-0.25, -0.2) is 0 Å². The van der Waals surface area contributed by atoms with Gasteiger partial charge in [-0.3, -0.25) is 0 Å². The summed E-state index contributed by atoms with van der Waals surface area (Å²) in [5.41, 5.74) is 9.83. The molecule has 2 N–H and O–H groups in total. The smallest absolute Gasteiger partial charge is 0.0317 e. The molecule has 1 saturated carbocycles. The third-order valence-electron chi connectivity index (χ3n) is 3.42. The van der Waals surface area contributed by atoms with Crippen LogP contribution in [0.4, 0.5) is 5.69 Å². The highest BCUT2D eigenvalue weighted by Crippen LogP contribution is 2.53. The van der Waals surface area contributed by atoms with Crippen LogP contribution in [-0.4, -0.2) is 0 Å². The maximum atomic E-state index is 5.76. The highest BCUT2D eigenvalue weighted by molar-refractivity contribution is 5.51. The van der Waals surface area contributed by atoms with Crippen LogP contribution < -0.4 is 5.73 Å². The van der Waals surface area contributed by atoms with Crippen LogP contribution >= 0.6 is 0 Å². The lowest BCUT2D eigenvalue weighted by atomic mass is 9.91. The van der Waals surface area contributed by atoms with Gasteiger partial charge < -0.3 is 5.73 Å². The lowest BCUT2D eigenvalue weighted by Gasteiger charge is -2.14. The van der Waals surface area contributed by atoms with E-state index < -0.39 is 0 Å². The Bertz CT molecular complexity index is 330.